The minimum Gasteiger partial charge on any atom is -0.266 e. The van der Waals surface area contributed by atoms with Gasteiger partial charge in [-0.3, -0.25) is 9.48 Å². The predicted octanol–water partition coefficient (Wildman–Crippen LogP) is 4.17. The van der Waals surface area contributed by atoms with E-state index in [9.17, 15) is 13.2 Å². The number of amides is 1. The second-order valence-electron chi connectivity index (χ2n) is 6.85. The van der Waals surface area contributed by atoms with Crippen LogP contribution in [-0.2, 0) is 16.6 Å². The van der Waals surface area contributed by atoms with Crippen molar-refractivity contribution in [2.75, 3.05) is 0 Å². The van der Waals surface area contributed by atoms with E-state index < -0.39 is 15.9 Å². The minimum atomic E-state index is -4.02. The summed E-state index contributed by atoms with van der Waals surface area (Å²) in [5.41, 5.74) is 2.28. The molecule has 4 aromatic rings. The van der Waals surface area contributed by atoms with E-state index in [0.717, 1.165) is 11.1 Å². The van der Waals surface area contributed by atoms with E-state index in [0.29, 0.717) is 22.5 Å². The fourth-order valence-corrected chi connectivity index (χ4v) is 4.59. The summed E-state index contributed by atoms with van der Waals surface area (Å²) in [5.74, 6) is -0.774. The maximum atomic E-state index is 12.9. The van der Waals surface area contributed by atoms with Gasteiger partial charge >= 0.3 is 0 Å². The largest absolute Gasteiger partial charge is 0.286 e. The SMILES string of the molecule is Cc1ccccc1S(=O)(=O)NC(=O)c1nn(Cc2ccc(Cl)cc2)c2ccccc12. The first-order valence-corrected chi connectivity index (χ1v) is 11.0. The molecule has 8 heteroatoms. The number of aryl methyl sites for hydroxylation is 1. The number of para-hydroxylation sites is 1. The van der Waals surface area contributed by atoms with Crippen LogP contribution in [0.25, 0.3) is 10.9 Å². The number of carbonyl (C=O) groups excluding carboxylic acids is 1. The smallest absolute Gasteiger partial charge is 0.266 e. The standard InChI is InChI=1S/C22H18ClN3O3S/c1-15-6-2-5-9-20(15)30(28,29)25-22(27)21-18-7-3-4-8-19(18)26(24-21)14-16-10-12-17(23)13-11-16/h2-13H,14H2,1H3,(H,25,27). The van der Waals surface area contributed by atoms with E-state index in [1.54, 1.807) is 54.1 Å². The van der Waals surface area contributed by atoms with Gasteiger partial charge in [0.05, 0.1) is 17.0 Å². The van der Waals surface area contributed by atoms with E-state index in [1.165, 1.54) is 6.07 Å². The first-order chi connectivity index (χ1) is 14.3. The van der Waals surface area contributed by atoms with Gasteiger partial charge in [0.2, 0.25) is 0 Å². The lowest BCUT2D eigenvalue weighted by atomic mass is 10.2. The van der Waals surface area contributed by atoms with Crippen LogP contribution in [0.4, 0.5) is 0 Å². The molecule has 0 spiro atoms. The van der Waals surface area contributed by atoms with Gasteiger partial charge in [-0.1, -0.05) is 60.1 Å². The molecule has 1 amide bonds. The molecule has 0 saturated carbocycles. The quantitative estimate of drug-likeness (QED) is 0.506. The molecule has 152 valence electrons. The molecule has 0 bridgehead atoms. The van der Waals surface area contributed by atoms with Crippen molar-refractivity contribution in [2.24, 2.45) is 0 Å². The summed E-state index contributed by atoms with van der Waals surface area (Å²) >= 11 is 5.95. The Morgan fingerprint density at radius 1 is 1.00 bits per heavy atom. The van der Waals surface area contributed by atoms with Crippen molar-refractivity contribution in [2.45, 2.75) is 18.4 Å². The molecule has 1 heterocycles. The molecule has 0 saturated heterocycles. The van der Waals surface area contributed by atoms with Crippen LogP contribution < -0.4 is 4.72 Å². The predicted molar refractivity (Wildman–Crippen MR) is 116 cm³/mol. The lowest BCUT2D eigenvalue weighted by Crippen LogP contribution is -2.31. The number of fused-ring (bicyclic) bond motifs is 1. The molecule has 1 N–H and O–H groups in total. The topological polar surface area (TPSA) is 81.1 Å². The third-order valence-electron chi connectivity index (χ3n) is 4.73. The summed E-state index contributed by atoms with van der Waals surface area (Å²) in [5, 5.41) is 5.62. The van der Waals surface area contributed by atoms with E-state index in [-0.39, 0.29) is 10.6 Å². The Hall–Kier alpha value is -3.16. The number of hydrogen-bond donors (Lipinski definition) is 1. The Kier molecular flexibility index (Phi) is 5.32. The fraction of sp³-hybridized carbons (Fsp3) is 0.0909. The first-order valence-electron chi connectivity index (χ1n) is 9.18. The van der Waals surface area contributed by atoms with E-state index in [2.05, 4.69) is 9.82 Å². The van der Waals surface area contributed by atoms with Crippen molar-refractivity contribution in [3.05, 3.63) is 94.6 Å². The van der Waals surface area contributed by atoms with Gasteiger partial charge in [0.1, 0.15) is 0 Å². The maximum absolute atomic E-state index is 12.9. The Labute approximate surface area is 179 Å². The Morgan fingerprint density at radius 3 is 2.40 bits per heavy atom. The van der Waals surface area contributed by atoms with Crippen LogP contribution in [0.1, 0.15) is 21.6 Å². The Bertz CT molecular complexity index is 1350. The Morgan fingerprint density at radius 2 is 1.67 bits per heavy atom. The molecule has 1 aromatic heterocycles. The summed E-state index contributed by atoms with van der Waals surface area (Å²) in [6, 6.07) is 21.0. The highest BCUT2D eigenvalue weighted by Gasteiger charge is 2.24. The van der Waals surface area contributed by atoms with Crippen molar-refractivity contribution in [3.8, 4) is 0 Å². The van der Waals surface area contributed by atoms with Gasteiger partial charge in [-0.2, -0.15) is 5.10 Å². The lowest BCUT2D eigenvalue weighted by Gasteiger charge is -2.08. The highest BCUT2D eigenvalue weighted by molar-refractivity contribution is 7.90. The molecule has 0 aliphatic heterocycles. The molecular formula is C22H18ClN3O3S. The number of rotatable bonds is 5. The molecule has 6 nitrogen and oxygen atoms in total. The van der Waals surface area contributed by atoms with Gasteiger partial charge in [0.25, 0.3) is 15.9 Å². The van der Waals surface area contributed by atoms with Crippen LogP contribution in [0, 0.1) is 6.92 Å². The number of carbonyl (C=O) groups is 1. The molecule has 0 unspecified atom stereocenters. The first kappa shape index (κ1) is 20.1. The van der Waals surface area contributed by atoms with E-state index in [1.807, 2.05) is 24.3 Å². The zero-order valence-corrected chi connectivity index (χ0v) is 17.6. The number of hydrogen-bond acceptors (Lipinski definition) is 4. The minimum absolute atomic E-state index is 0.0525. The highest BCUT2D eigenvalue weighted by Crippen LogP contribution is 2.21. The second-order valence-corrected chi connectivity index (χ2v) is 8.94. The van der Waals surface area contributed by atoms with Crippen molar-refractivity contribution < 1.29 is 13.2 Å². The van der Waals surface area contributed by atoms with Crippen LogP contribution in [-0.4, -0.2) is 24.1 Å². The maximum Gasteiger partial charge on any atom is 0.286 e. The number of nitrogens with one attached hydrogen (secondary N) is 1. The van der Waals surface area contributed by atoms with Crippen molar-refractivity contribution >= 4 is 38.4 Å². The average molecular weight is 440 g/mol. The molecule has 0 aliphatic rings. The molecule has 30 heavy (non-hydrogen) atoms. The number of halogens is 1. The van der Waals surface area contributed by atoms with Gasteiger partial charge in [-0.15, -0.1) is 0 Å². The fourth-order valence-electron chi connectivity index (χ4n) is 3.26. The van der Waals surface area contributed by atoms with Crippen LogP contribution in [0.15, 0.2) is 77.7 Å². The van der Waals surface area contributed by atoms with Gasteiger partial charge in [0.15, 0.2) is 5.69 Å². The molecule has 0 fully saturated rings. The molecule has 0 radical (unpaired) electrons. The average Bonchev–Trinajstić information content (AvgIpc) is 3.08. The van der Waals surface area contributed by atoms with Gasteiger partial charge in [-0.25, -0.2) is 13.1 Å². The molecule has 4 rings (SSSR count). The van der Waals surface area contributed by atoms with Gasteiger partial charge < -0.3 is 0 Å². The zero-order valence-electron chi connectivity index (χ0n) is 16.0. The third-order valence-corrected chi connectivity index (χ3v) is 6.47. The number of aromatic nitrogens is 2. The van der Waals surface area contributed by atoms with Crippen LogP contribution in [0.5, 0.6) is 0 Å². The summed E-state index contributed by atoms with van der Waals surface area (Å²) < 4.78 is 29.3. The normalized spacial score (nSPS) is 11.5. The summed E-state index contributed by atoms with van der Waals surface area (Å²) in [6.07, 6.45) is 0. The van der Waals surface area contributed by atoms with Crippen molar-refractivity contribution in [1.29, 1.82) is 0 Å². The number of benzene rings is 3. The van der Waals surface area contributed by atoms with Crippen LogP contribution in [0.2, 0.25) is 5.02 Å². The summed E-state index contributed by atoms with van der Waals surface area (Å²) in [6.45, 7) is 2.09. The zero-order chi connectivity index (χ0) is 21.3. The van der Waals surface area contributed by atoms with Crippen molar-refractivity contribution in [1.82, 2.24) is 14.5 Å². The summed E-state index contributed by atoms with van der Waals surface area (Å²) in [7, 11) is -4.02. The highest BCUT2D eigenvalue weighted by atomic mass is 35.5. The molecule has 0 atom stereocenters. The van der Waals surface area contributed by atoms with Crippen molar-refractivity contribution in [3.63, 3.8) is 0 Å². The molecule has 0 aliphatic carbocycles. The second kappa shape index (κ2) is 7.93. The monoisotopic (exact) mass is 439 g/mol. The lowest BCUT2D eigenvalue weighted by molar-refractivity contribution is 0.0977. The third kappa shape index (κ3) is 3.94. The van der Waals surface area contributed by atoms with Crippen LogP contribution >= 0.6 is 11.6 Å². The number of sulfonamides is 1. The Balaban J connectivity index is 1.69. The van der Waals surface area contributed by atoms with E-state index >= 15 is 0 Å². The summed E-state index contributed by atoms with van der Waals surface area (Å²) in [4.78, 5) is 12.9. The van der Waals surface area contributed by atoms with Gasteiger partial charge in [0, 0.05) is 10.4 Å². The number of nitrogens with zero attached hydrogens (tertiary/aromatic N) is 2. The van der Waals surface area contributed by atoms with Crippen LogP contribution in [0.3, 0.4) is 0 Å². The van der Waals surface area contributed by atoms with E-state index in [4.69, 9.17) is 11.6 Å². The molecule has 3 aromatic carbocycles. The molecular weight excluding hydrogens is 422 g/mol. The van der Waals surface area contributed by atoms with Gasteiger partial charge in [-0.05, 0) is 42.3 Å².